The Bertz CT molecular complexity index is 179. The molecule has 0 bridgehead atoms. The molecule has 0 heterocycles. The Morgan fingerprint density at radius 3 is 2.57 bits per heavy atom. The van der Waals surface area contributed by atoms with Crippen LogP contribution in [-0.4, -0.2) is 32.5 Å². The molecule has 0 aromatic carbocycles. The number of rotatable bonds is 8. The van der Waals surface area contributed by atoms with Gasteiger partial charge >= 0.3 is 0 Å². The molecule has 82 valence electrons. The van der Waals surface area contributed by atoms with Crippen LogP contribution in [-0.2, 0) is 9.47 Å². The number of hydrogen-bond acceptors (Lipinski definition) is 4. The molecule has 0 aliphatic rings. The summed E-state index contributed by atoms with van der Waals surface area (Å²) in [5, 5.41) is 8.79. The van der Waals surface area contributed by atoms with Gasteiger partial charge in [0.15, 0.2) is 0 Å². The molecule has 0 aromatic rings. The zero-order valence-corrected chi connectivity index (χ0v) is 9.08. The molecule has 4 nitrogen and oxygen atoms in total. The molecule has 0 amide bonds. The van der Waals surface area contributed by atoms with E-state index in [1.54, 1.807) is 7.11 Å². The molecule has 0 fully saturated rings. The Kier molecular flexibility index (Phi) is 7.40. The summed E-state index contributed by atoms with van der Waals surface area (Å²) in [5.74, 6) is 0. The van der Waals surface area contributed by atoms with Crippen LogP contribution >= 0.6 is 0 Å². The van der Waals surface area contributed by atoms with Gasteiger partial charge in [0.25, 0.3) is 0 Å². The number of nitrogens with two attached hydrogens (primary N) is 1. The maximum atomic E-state index is 8.79. The van der Waals surface area contributed by atoms with Gasteiger partial charge in [-0.2, -0.15) is 5.26 Å². The standard InChI is InChI=1S/C10H20N2O2/c1-3-10(12,9-11)5-4-6-14-8-7-13-2/h3-8,12H2,1-2H3. The average Bonchev–Trinajstić information content (AvgIpc) is 2.23. The molecular weight excluding hydrogens is 180 g/mol. The van der Waals surface area contributed by atoms with Gasteiger partial charge in [0, 0.05) is 13.7 Å². The van der Waals surface area contributed by atoms with E-state index in [2.05, 4.69) is 6.07 Å². The number of nitrogens with zero attached hydrogens (tertiary/aromatic N) is 1. The molecule has 14 heavy (non-hydrogen) atoms. The van der Waals surface area contributed by atoms with Crippen LogP contribution in [0.1, 0.15) is 26.2 Å². The van der Waals surface area contributed by atoms with E-state index >= 15 is 0 Å². The lowest BCUT2D eigenvalue weighted by atomic mass is 9.94. The minimum atomic E-state index is -0.676. The molecule has 1 unspecified atom stereocenters. The molecule has 0 spiro atoms. The van der Waals surface area contributed by atoms with Gasteiger partial charge in [0.2, 0.25) is 0 Å². The minimum absolute atomic E-state index is 0.604. The van der Waals surface area contributed by atoms with Crippen molar-refractivity contribution < 1.29 is 9.47 Å². The fraction of sp³-hybridized carbons (Fsp3) is 0.900. The second kappa shape index (κ2) is 7.74. The van der Waals surface area contributed by atoms with Gasteiger partial charge in [-0.1, -0.05) is 6.92 Å². The van der Waals surface area contributed by atoms with Gasteiger partial charge in [-0.15, -0.1) is 0 Å². The molecule has 1 atom stereocenters. The number of hydrogen-bond donors (Lipinski definition) is 1. The van der Waals surface area contributed by atoms with Crippen LogP contribution in [0.5, 0.6) is 0 Å². The average molecular weight is 200 g/mol. The molecule has 0 aliphatic carbocycles. The van der Waals surface area contributed by atoms with Crippen molar-refractivity contribution in [2.75, 3.05) is 26.9 Å². The van der Waals surface area contributed by atoms with Crippen LogP contribution in [0.2, 0.25) is 0 Å². The lowest BCUT2D eigenvalue weighted by Gasteiger charge is -2.18. The van der Waals surface area contributed by atoms with E-state index in [-0.39, 0.29) is 0 Å². The summed E-state index contributed by atoms with van der Waals surface area (Å²) in [6.07, 6.45) is 2.19. The van der Waals surface area contributed by atoms with Crippen molar-refractivity contribution in [1.82, 2.24) is 0 Å². The van der Waals surface area contributed by atoms with Crippen molar-refractivity contribution >= 4 is 0 Å². The molecule has 2 N–H and O–H groups in total. The first-order chi connectivity index (χ1) is 6.68. The highest BCUT2D eigenvalue weighted by atomic mass is 16.5. The normalized spacial score (nSPS) is 14.7. The lowest BCUT2D eigenvalue weighted by molar-refractivity contribution is 0.0673. The van der Waals surface area contributed by atoms with E-state index in [9.17, 15) is 0 Å². The van der Waals surface area contributed by atoms with Gasteiger partial charge in [0.1, 0.15) is 5.54 Å². The largest absolute Gasteiger partial charge is 0.382 e. The molecule has 4 heteroatoms. The first kappa shape index (κ1) is 13.4. The maximum absolute atomic E-state index is 8.79. The van der Waals surface area contributed by atoms with Gasteiger partial charge in [0.05, 0.1) is 19.3 Å². The van der Waals surface area contributed by atoms with E-state index < -0.39 is 5.54 Å². The summed E-state index contributed by atoms with van der Waals surface area (Å²) in [6, 6.07) is 2.13. The van der Waals surface area contributed by atoms with E-state index in [1.807, 2.05) is 6.92 Å². The fourth-order valence-electron chi connectivity index (χ4n) is 1.05. The summed E-state index contributed by atoms with van der Waals surface area (Å²) in [4.78, 5) is 0. The number of ether oxygens (including phenoxy) is 2. The summed E-state index contributed by atoms with van der Waals surface area (Å²) < 4.78 is 10.1. The minimum Gasteiger partial charge on any atom is -0.382 e. The van der Waals surface area contributed by atoms with Crippen LogP contribution in [0.15, 0.2) is 0 Å². The van der Waals surface area contributed by atoms with Gasteiger partial charge in [-0.05, 0) is 19.3 Å². The second-order valence-corrected chi connectivity index (χ2v) is 3.33. The van der Waals surface area contributed by atoms with E-state index in [0.717, 1.165) is 6.42 Å². The van der Waals surface area contributed by atoms with Crippen molar-refractivity contribution in [2.24, 2.45) is 5.73 Å². The van der Waals surface area contributed by atoms with Crippen LogP contribution in [0.25, 0.3) is 0 Å². The van der Waals surface area contributed by atoms with E-state index in [4.69, 9.17) is 20.5 Å². The Labute approximate surface area is 86.0 Å². The molecule has 0 aliphatic heterocycles. The monoisotopic (exact) mass is 200 g/mol. The van der Waals surface area contributed by atoms with Crippen molar-refractivity contribution in [3.8, 4) is 6.07 Å². The summed E-state index contributed by atoms with van der Waals surface area (Å²) in [5.41, 5.74) is 5.12. The molecule has 0 saturated heterocycles. The quantitative estimate of drug-likeness (QED) is 0.595. The Morgan fingerprint density at radius 1 is 1.36 bits per heavy atom. The highest BCUT2D eigenvalue weighted by Gasteiger charge is 2.20. The second-order valence-electron chi connectivity index (χ2n) is 3.33. The SMILES string of the molecule is CCC(N)(C#N)CCCOCCOC. The van der Waals surface area contributed by atoms with Crippen molar-refractivity contribution in [1.29, 1.82) is 5.26 Å². The van der Waals surface area contributed by atoms with Crippen LogP contribution < -0.4 is 5.73 Å². The predicted octanol–water partition coefficient (Wildman–Crippen LogP) is 1.06. The Hall–Kier alpha value is -0.630. The third-order valence-corrected chi connectivity index (χ3v) is 2.20. The Balaban J connectivity index is 3.40. The summed E-state index contributed by atoms with van der Waals surface area (Å²) in [7, 11) is 1.64. The molecule has 0 radical (unpaired) electrons. The van der Waals surface area contributed by atoms with Gasteiger partial charge in [-0.3, -0.25) is 0 Å². The summed E-state index contributed by atoms with van der Waals surface area (Å²) >= 11 is 0. The molecule has 0 rings (SSSR count). The third kappa shape index (κ3) is 5.92. The first-order valence-electron chi connectivity index (χ1n) is 4.95. The number of methoxy groups -OCH3 is 1. The lowest BCUT2D eigenvalue weighted by Crippen LogP contribution is -2.37. The van der Waals surface area contributed by atoms with Gasteiger partial charge < -0.3 is 15.2 Å². The first-order valence-corrected chi connectivity index (χ1v) is 4.95. The zero-order valence-electron chi connectivity index (χ0n) is 9.08. The van der Waals surface area contributed by atoms with Crippen molar-refractivity contribution in [3.63, 3.8) is 0 Å². The molecule has 0 saturated carbocycles. The molecular formula is C10H20N2O2. The van der Waals surface area contributed by atoms with Crippen LogP contribution in [0, 0.1) is 11.3 Å². The van der Waals surface area contributed by atoms with Crippen LogP contribution in [0.3, 0.4) is 0 Å². The fourth-order valence-corrected chi connectivity index (χ4v) is 1.05. The van der Waals surface area contributed by atoms with E-state index in [1.165, 1.54) is 0 Å². The third-order valence-electron chi connectivity index (χ3n) is 2.20. The van der Waals surface area contributed by atoms with Crippen molar-refractivity contribution in [3.05, 3.63) is 0 Å². The van der Waals surface area contributed by atoms with Crippen LogP contribution in [0.4, 0.5) is 0 Å². The van der Waals surface area contributed by atoms with Gasteiger partial charge in [-0.25, -0.2) is 0 Å². The Morgan fingerprint density at radius 2 is 2.07 bits per heavy atom. The van der Waals surface area contributed by atoms with E-state index in [0.29, 0.717) is 32.7 Å². The number of nitriles is 1. The smallest absolute Gasteiger partial charge is 0.104 e. The topological polar surface area (TPSA) is 68.3 Å². The summed E-state index contributed by atoms with van der Waals surface area (Å²) in [6.45, 7) is 3.78. The molecule has 0 aromatic heterocycles. The maximum Gasteiger partial charge on any atom is 0.104 e. The zero-order chi connectivity index (χ0) is 10.9. The predicted molar refractivity (Wildman–Crippen MR) is 54.8 cm³/mol. The highest BCUT2D eigenvalue weighted by Crippen LogP contribution is 2.12. The highest BCUT2D eigenvalue weighted by molar-refractivity contribution is 5.03. The van der Waals surface area contributed by atoms with Crippen molar-refractivity contribution in [2.45, 2.75) is 31.7 Å².